The first-order chi connectivity index (χ1) is 13.9. The molecule has 158 valence electrons. The van der Waals surface area contributed by atoms with Crippen LogP contribution in [0.25, 0.3) is 0 Å². The average Bonchev–Trinajstić information content (AvgIpc) is 2.99. The van der Waals surface area contributed by atoms with Gasteiger partial charge in [-0.1, -0.05) is 36.4 Å². The molecule has 0 amide bonds. The zero-order valence-corrected chi connectivity index (χ0v) is 16.3. The van der Waals surface area contributed by atoms with Crippen LogP contribution in [0.5, 0.6) is 11.5 Å². The summed E-state index contributed by atoms with van der Waals surface area (Å²) in [6, 6.07) is 16.4. The highest BCUT2D eigenvalue weighted by Gasteiger charge is 2.55. The molecule has 0 radical (unpaired) electrons. The molecule has 0 unspecified atom stereocenters. The molecule has 9 nitrogen and oxygen atoms in total. The first-order valence-electron chi connectivity index (χ1n) is 8.91. The fourth-order valence-corrected chi connectivity index (χ4v) is 4.16. The van der Waals surface area contributed by atoms with E-state index in [0.717, 1.165) is 0 Å². The Morgan fingerprint density at radius 3 is 1.86 bits per heavy atom. The van der Waals surface area contributed by atoms with Gasteiger partial charge in [0.25, 0.3) is 0 Å². The molecule has 2 aromatic rings. The highest BCUT2D eigenvalue weighted by Crippen LogP contribution is 2.51. The first kappa shape index (κ1) is 21.7. The second-order valence-electron chi connectivity index (χ2n) is 6.53. The number of ether oxygens (including phenoxy) is 1. The SMILES string of the molecule is O=P(OC[C@]1(CO)O[C@H](CO)[C@@H](O)[C@@H]1O)(Oc1ccccc1)Oc1ccccc1. The van der Waals surface area contributed by atoms with Crippen LogP contribution in [0.2, 0.25) is 0 Å². The van der Waals surface area contributed by atoms with Gasteiger partial charge in [0.05, 0.1) is 19.8 Å². The van der Waals surface area contributed by atoms with Gasteiger partial charge in [-0.15, -0.1) is 0 Å². The van der Waals surface area contributed by atoms with Crippen molar-refractivity contribution in [2.45, 2.75) is 23.9 Å². The zero-order valence-electron chi connectivity index (χ0n) is 15.4. The van der Waals surface area contributed by atoms with Crippen LogP contribution >= 0.6 is 7.82 Å². The molecule has 3 rings (SSSR count). The third-order valence-electron chi connectivity index (χ3n) is 4.46. The lowest BCUT2D eigenvalue weighted by Gasteiger charge is -2.30. The lowest BCUT2D eigenvalue weighted by molar-refractivity contribution is -0.138. The standard InChI is InChI=1S/C19H23O9P/c20-11-16-17(22)18(23)19(12-21,26-16)13-25-29(24,27-14-7-3-1-4-8-14)28-15-9-5-2-6-10-15/h1-10,16-18,20-23H,11-13H2/t16-,17-,18+,19+/m1/s1. The maximum atomic E-state index is 13.3. The van der Waals surface area contributed by atoms with Gasteiger partial charge >= 0.3 is 7.82 Å². The lowest BCUT2D eigenvalue weighted by Crippen LogP contribution is -2.50. The molecule has 4 atom stereocenters. The van der Waals surface area contributed by atoms with E-state index in [1.165, 1.54) is 0 Å². The number of phosphoric ester groups is 1. The summed E-state index contributed by atoms with van der Waals surface area (Å²) in [7, 11) is -4.29. The molecule has 0 aromatic heterocycles. The summed E-state index contributed by atoms with van der Waals surface area (Å²) in [5, 5.41) is 39.3. The summed E-state index contributed by atoms with van der Waals surface area (Å²) < 4.78 is 35.0. The van der Waals surface area contributed by atoms with E-state index in [1.807, 2.05) is 0 Å². The van der Waals surface area contributed by atoms with Gasteiger partial charge in [-0.05, 0) is 24.3 Å². The molecule has 1 heterocycles. The predicted octanol–water partition coefficient (Wildman–Crippen LogP) is 1.11. The molecular formula is C19H23O9P. The van der Waals surface area contributed by atoms with E-state index in [4.69, 9.17) is 18.3 Å². The van der Waals surface area contributed by atoms with Gasteiger partial charge in [-0.3, -0.25) is 4.52 Å². The van der Waals surface area contributed by atoms with Crippen LogP contribution in [0, 0.1) is 0 Å². The van der Waals surface area contributed by atoms with Gasteiger partial charge in [0.15, 0.2) is 0 Å². The average molecular weight is 426 g/mol. The van der Waals surface area contributed by atoms with Crippen molar-refractivity contribution >= 4 is 7.82 Å². The molecule has 0 saturated carbocycles. The number of para-hydroxylation sites is 2. The summed E-state index contributed by atoms with van der Waals surface area (Å²) in [6.07, 6.45) is -4.18. The maximum absolute atomic E-state index is 13.3. The number of phosphoric acid groups is 1. The monoisotopic (exact) mass is 426 g/mol. The molecular weight excluding hydrogens is 403 g/mol. The molecule has 1 fully saturated rings. The number of aliphatic hydroxyl groups is 4. The number of hydrogen-bond acceptors (Lipinski definition) is 9. The highest BCUT2D eigenvalue weighted by molar-refractivity contribution is 7.49. The summed E-state index contributed by atoms with van der Waals surface area (Å²) >= 11 is 0. The van der Waals surface area contributed by atoms with Crippen molar-refractivity contribution in [2.24, 2.45) is 0 Å². The van der Waals surface area contributed by atoms with Gasteiger partial charge < -0.3 is 34.2 Å². The largest absolute Gasteiger partial charge is 0.587 e. The van der Waals surface area contributed by atoms with E-state index in [1.54, 1.807) is 60.7 Å². The Labute approximate surface area is 167 Å². The van der Waals surface area contributed by atoms with Crippen LogP contribution in [0.3, 0.4) is 0 Å². The Morgan fingerprint density at radius 2 is 1.45 bits per heavy atom. The lowest BCUT2D eigenvalue weighted by atomic mass is 9.96. The molecule has 1 saturated heterocycles. The van der Waals surface area contributed by atoms with Crippen molar-refractivity contribution in [3.63, 3.8) is 0 Å². The molecule has 0 bridgehead atoms. The van der Waals surface area contributed by atoms with Gasteiger partial charge in [-0.25, -0.2) is 4.57 Å². The van der Waals surface area contributed by atoms with E-state index in [-0.39, 0.29) is 11.5 Å². The zero-order chi connectivity index (χ0) is 20.9. The minimum Gasteiger partial charge on any atom is -0.395 e. The van der Waals surface area contributed by atoms with Gasteiger partial charge in [0, 0.05) is 0 Å². The highest BCUT2D eigenvalue weighted by atomic mass is 31.2. The smallest absolute Gasteiger partial charge is 0.395 e. The summed E-state index contributed by atoms with van der Waals surface area (Å²) in [6.45, 7) is -1.98. The van der Waals surface area contributed by atoms with Crippen molar-refractivity contribution < 1.29 is 43.3 Å². The first-order valence-corrected chi connectivity index (χ1v) is 10.4. The summed E-state index contributed by atoms with van der Waals surface area (Å²) in [5.74, 6) is 0.428. The van der Waals surface area contributed by atoms with Crippen molar-refractivity contribution in [1.29, 1.82) is 0 Å². The molecule has 0 aliphatic carbocycles. The van der Waals surface area contributed by atoms with Crippen LogP contribution in [0.15, 0.2) is 60.7 Å². The van der Waals surface area contributed by atoms with E-state index in [0.29, 0.717) is 0 Å². The topological polar surface area (TPSA) is 135 Å². The molecule has 10 heteroatoms. The summed E-state index contributed by atoms with van der Waals surface area (Å²) in [4.78, 5) is 0. The van der Waals surface area contributed by atoms with Crippen LogP contribution < -0.4 is 9.05 Å². The van der Waals surface area contributed by atoms with Crippen molar-refractivity contribution in [2.75, 3.05) is 19.8 Å². The Balaban J connectivity index is 1.82. The van der Waals surface area contributed by atoms with Crippen molar-refractivity contribution in [1.82, 2.24) is 0 Å². The fourth-order valence-electron chi connectivity index (χ4n) is 2.88. The number of aliphatic hydroxyl groups excluding tert-OH is 4. The fraction of sp³-hybridized carbons (Fsp3) is 0.368. The predicted molar refractivity (Wildman–Crippen MR) is 101 cm³/mol. The molecule has 29 heavy (non-hydrogen) atoms. The van der Waals surface area contributed by atoms with E-state index in [9.17, 15) is 25.0 Å². The van der Waals surface area contributed by atoms with Crippen molar-refractivity contribution in [3.8, 4) is 11.5 Å². The third kappa shape index (κ3) is 4.96. The van der Waals surface area contributed by atoms with Crippen LogP contribution in [-0.4, -0.2) is 64.2 Å². The second kappa shape index (κ2) is 9.23. The number of hydrogen-bond donors (Lipinski definition) is 4. The number of benzene rings is 2. The molecule has 0 spiro atoms. The third-order valence-corrected chi connectivity index (χ3v) is 5.78. The second-order valence-corrected chi connectivity index (χ2v) is 8.04. The quantitative estimate of drug-likeness (QED) is 0.435. The van der Waals surface area contributed by atoms with E-state index < -0.39 is 51.6 Å². The Bertz CT molecular complexity index is 773. The van der Waals surface area contributed by atoms with Gasteiger partial charge in [0.2, 0.25) is 0 Å². The van der Waals surface area contributed by atoms with Crippen LogP contribution in [0.1, 0.15) is 0 Å². The van der Waals surface area contributed by atoms with E-state index >= 15 is 0 Å². The van der Waals surface area contributed by atoms with E-state index in [2.05, 4.69) is 0 Å². The number of rotatable bonds is 9. The van der Waals surface area contributed by atoms with Gasteiger partial charge in [-0.2, -0.15) is 0 Å². The van der Waals surface area contributed by atoms with Gasteiger partial charge in [0.1, 0.15) is 35.4 Å². The normalized spacial score (nSPS) is 27.0. The minimum atomic E-state index is -4.29. The Kier molecular flexibility index (Phi) is 6.92. The molecule has 1 aliphatic rings. The van der Waals surface area contributed by atoms with Crippen LogP contribution in [0.4, 0.5) is 0 Å². The summed E-state index contributed by atoms with van der Waals surface area (Å²) in [5.41, 5.74) is -1.82. The maximum Gasteiger partial charge on any atom is 0.587 e. The molecule has 4 N–H and O–H groups in total. The van der Waals surface area contributed by atoms with Crippen LogP contribution in [-0.2, 0) is 13.8 Å². The minimum absolute atomic E-state index is 0.214. The molecule has 1 aliphatic heterocycles. The Hall–Kier alpha value is -1.97. The molecule has 2 aromatic carbocycles. The van der Waals surface area contributed by atoms with Crippen molar-refractivity contribution in [3.05, 3.63) is 60.7 Å². The Morgan fingerprint density at radius 1 is 0.931 bits per heavy atom.